The topological polar surface area (TPSA) is 318 Å². The van der Waals surface area contributed by atoms with Gasteiger partial charge in [-0.05, 0) is 270 Å². The Bertz CT molecular complexity index is 6510. The van der Waals surface area contributed by atoms with Gasteiger partial charge in [-0.15, -0.1) is 8.78 Å². The van der Waals surface area contributed by atoms with Gasteiger partial charge in [0.1, 0.15) is 17.5 Å². The molecule has 1 aliphatic heterocycles. The van der Waals surface area contributed by atoms with E-state index < -0.39 is 40.6 Å². The molecule has 26 nitrogen and oxygen atoms in total. The van der Waals surface area contributed by atoms with Crippen LogP contribution in [0.1, 0.15) is 202 Å². The van der Waals surface area contributed by atoms with E-state index in [0.29, 0.717) is 82.2 Å². The lowest BCUT2D eigenvalue weighted by Crippen LogP contribution is -2.39. The van der Waals surface area contributed by atoms with E-state index in [2.05, 4.69) is 104 Å². The first-order valence-electron chi connectivity index (χ1n) is 43.3. The quantitative estimate of drug-likeness (QED) is 0.0276. The molecule has 8 aromatic carbocycles. The Morgan fingerprint density at radius 3 is 1.31 bits per heavy atom. The van der Waals surface area contributed by atoms with Gasteiger partial charge in [-0.3, -0.25) is 64.3 Å². The van der Waals surface area contributed by atoms with Gasteiger partial charge in [0.2, 0.25) is 59.3 Å². The third-order valence-corrected chi connectivity index (χ3v) is 22.3. The molecule has 5 amide bonds. The molecule has 2 saturated carbocycles. The van der Waals surface area contributed by atoms with E-state index in [1.807, 2.05) is 160 Å². The van der Waals surface area contributed by atoms with Crippen LogP contribution in [-0.2, 0) is 35.1 Å². The van der Waals surface area contributed by atoms with E-state index in [4.69, 9.17) is 6.57 Å². The molecule has 2 aliphatic carbocycles. The third kappa shape index (κ3) is 23.8. The summed E-state index contributed by atoms with van der Waals surface area (Å²) < 4.78 is 86.7. The highest BCUT2D eigenvalue weighted by Crippen LogP contribution is 2.46. The maximum absolute atomic E-state index is 14.1. The number of ether oxygens (including phenoxy) is 2. The average Bonchev–Trinajstić information content (AvgIpc) is 1.54. The molecule has 0 bridgehead atoms. The Labute approximate surface area is 752 Å². The molecule has 13 aromatic rings. The van der Waals surface area contributed by atoms with Crippen molar-refractivity contribution in [3.63, 3.8) is 0 Å². The van der Waals surface area contributed by atoms with Crippen LogP contribution in [0.5, 0.6) is 11.5 Å². The molecule has 6 heterocycles. The summed E-state index contributed by atoms with van der Waals surface area (Å²) in [4.78, 5) is 88.2. The van der Waals surface area contributed by atoms with Gasteiger partial charge in [0.25, 0.3) is 0 Å². The van der Waals surface area contributed by atoms with Crippen LogP contribution in [0.15, 0.2) is 146 Å². The number of carbonyl (C=O) groups is 5. The summed E-state index contributed by atoms with van der Waals surface area (Å²) in [5.74, 6) is -1.04. The number of aliphatic hydroxyl groups is 3. The van der Waals surface area contributed by atoms with E-state index >= 15 is 0 Å². The molecule has 5 aromatic heterocycles. The zero-order valence-corrected chi connectivity index (χ0v) is 77.2. The SMILES string of the molecule is Cc1ccc2nc(NC(=O)CC(C)(C)C)n(-c3ccc(C)c(F)c3)c2c1.Cc1ccc2nc(NC(=O)CC(C)(C)C)n(-c3ccc4c(c3)OC(F)(F)O4)c2c1.Cc1ccc2nc(NC(=O)CC(C)(C)O)n(C(C)(C)C)c2c1.Cc1ccc2nc(NC(=O)C[C@@](C)(O)C3CC3)n(-c3cc(F)cc(F)c3)c2c1.[C-]#[N+]c1ccc2nc(NC(=O)CC(C)(O)CC)n(C3(C)CCC3)c2c1. The lowest BCUT2D eigenvalue weighted by atomic mass is 9.78. The lowest BCUT2D eigenvalue weighted by molar-refractivity contribution is -0.286. The van der Waals surface area contributed by atoms with Crippen molar-refractivity contribution in [1.82, 2.24) is 47.8 Å². The first-order chi connectivity index (χ1) is 60.6. The number of hydrogen-bond acceptors (Lipinski definition) is 15. The van der Waals surface area contributed by atoms with Gasteiger partial charge in [0.15, 0.2) is 17.2 Å². The second kappa shape index (κ2) is 37.3. The number of nitrogens with one attached hydrogen (secondary N) is 5. The lowest BCUT2D eigenvalue weighted by Gasteiger charge is -2.41. The van der Waals surface area contributed by atoms with Crippen molar-refractivity contribution in [1.29, 1.82) is 0 Å². The fourth-order valence-corrected chi connectivity index (χ4v) is 15.5. The van der Waals surface area contributed by atoms with E-state index in [0.717, 1.165) is 99.0 Å². The molecule has 0 radical (unpaired) electrons. The van der Waals surface area contributed by atoms with Crippen LogP contribution in [0.25, 0.3) is 77.1 Å². The van der Waals surface area contributed by atoms with Crippen LogP contribution >= 0.6 is 0 Å². The molecule has 686 valence electrons. The van der Waals surface area contributed by atoms with Crippen LogP contribution in [0.2, 0.25) is 0 Å². The number of anilines is 5. The number of fused-ring (bicyclic) bond motifs is 6. The number of carbonyl (C=O) groups excluding carboxylic acids is 5. The van der Waals surface area contributed by atoms with Crippen molar-refractivity contribution in [2.75, 3.05) is 26.6 Å². The molecule has 8 N–H and O–H groups in total. The predicted octanol–water partition coefficient (Wildman–Crippen LogP) is 21.5. The number of nitrogens with zero attached hydrogens (tertiary/aromatic N) is 11. The number of rotatable bonds is 19. The van der Waals surface area contributed by atoms with Crippen molar-refractivity contribution < 1.29 is 70.7 Å². The van der Waals surface area contributed by atoms with Gasteiger partial charge >= 0.3 is 6.29 Å². The number of alkyl halides is 2. The number of hydrogen-bond donors (Lipinski definition) is 8. The summed E-state index contributed by atoms with van der Waals surface area (Å²) in [5, 5.41) is 44.5. The van der Waals surface area contributed by atoms with E-state index in [9.17, 15) is 61.2 Å². The van der Waals surface area contributed by atoms with Gasteiger partial charge in [-0.2, -0.15) is 0 Å². The smallest absolute Gasteiger partial charge is 0.395 e. The number of benzene rings is 8. The maximum Gasteiger partial charge on any atom is 0.586 e. The average molecular weight is 1780 g/mol. The molecule has 1 unspecified atom stereocenters. The fraction of sp³-hybridized carbons (Fsp3) is 0.404. The van der Waals surface area contributed by atoms with Crippen molar-refractivity contribution in [3.8, 4) is 28.6 Å². The molecule has 2 atom stereocenters. The normalized spacial score (nSPS) is 14.8. The molecule has 3 aliphatic rings. The highest BCUT2D eigenvalue weighted by atomic mass is 19.3. The van der Waals surface area contributed by atoms with Crippen LogP contribution in [0.3, 0.4) is 0 Å². The Balaban J connectivity index is 0.000000148. The van der Waals surface area contributed by atoms with Crippen molar-refractivity contribution in [3.05, 3.63) is 202 Å². The number of halogens is 5. The highest BCUT2D eigenvalue weighted by molar-refractivity contribution is 5.97. The van der Waals surface area contributed by atoms with E-state index in [-0.39, 0.29) is 99.7 Å². The molecule has 2 fully saturated rings. The van der Waals surface area contributed by atoms with E-state index in [1.165, 1.54) is 34.9 Å². The van der Waals surface area contributed by atoms with E-state index in [1.54, 1.807) is 68.0 Å². The number of aryl methyl sites for hydroxylation is 5. The Morgan fingerprint density at radius 2 is 0.862 bits per heavy atom. The predicted molar refractivity (Wildman–Crippen MR) is 497 cm³/mol. The highest BCUT2D eigenvalue weighted by Gasteiger charge is 2.45. The largest absolute Gasteiger partial charge is 0.586 e. The zero-order chi connectivity index (χ0) is 95.0. The third-order valence-electron chi connectivity index (χ3n) is 22.3. The monoisotopic (exact) mass is 1780 g/mol. The summed E-state index contributed by atoms with van der Waals surface area (Å²) >= 11 is 0. The first kappa shape index (κ1) is 96.2. The van der Waals surface area contributed by atoms with Crippen LogP contribution in [0.4, 0.5) is 57.4 Å². The van der Waals surface area contributed by atoms with Crippen LogP contribution in [-0.4, -0.2) is 116 Å². The summed E-state index contributed by atoms with van der Waals surface area (Å²) in [6.07, 6.45) is 2.43. The van der Waals surface area contributed by atoms with Gasteiger partial charge in [0, 0.05) is 36.1 Å². The maximum atomic E-state index is 14.1. The van der Waals surface area contributed by atoms with Crippen molar-refractivity contribution in [2.45, 2.75) is 243 Å². The summed E-state index contributed by atoms with van der Waals surface area (Å²) in [7, 11) is 0. The zero-order valence-electron chi connectivity index (χ0n) is 77.2. The molecular weight excluding hydrogens is 1670 g/mol. The Kier molecular flexibility index (Phi) is 27.6. The number of aromatic nitrogens is 10. The van der Waals surface area contributed by atoms with Gasteiger partial charge in [0.05, 0.1) is 115 Å². The number of amides is 5. The first-order valence-corrected chi connectivity index (χ1v) is 43.3. The second-order valence-electron chi connectivity index (χ2n) is 39.0. The van der Waals surface area contributed by atoms with Gasteiger partial charge in [-0.25, -0.2) is 42.9 Å². The molecule has 31 heteroatoms. The molecule has 16 rings (SSSR count). The summed E-state index contributed by atoms with van der Waals surface area (Å²) in [6, 6.07) is 41.1. The molecule has 0 saturated heterocycles. The van der Waals surface area contributed by atoms with Crippen LogP contribution in [0, 0.1) is 75.4 Å². The number of imidazole rings is 5. The molecule has 0 spiro atoms. The van der Waals surface area contributed by atoms with Crippen LogP contribution < -0.4 is 36.1 Å². The standard InChI is InChI=1S/C21H21F2N3O3.C21H21F2N3O2.C21H24FN3O.C19H24N4O2.C17H25N3O2/c1-12-5-7-14-15(9-12)26(19(24-14)25-18(27)11-20(2,3)4)13-6-8-16-17(10-13)29-21(22,23)28-16;1-12-3-6-17-18(7-12)26(16-9-14(22)8-15(23)10-16)20(24-17)25-19(27)11-21(2,28)13-4-5-13;1-13-6-9-17-18(10-13)25(15-8-7-14(2)16(22)11-15)20(23-17)24-19(26)12-21(3,4)5;1-5-19(3,25)12-16(24)22-17-21-14-8-7-13(20-4)11-15(14)23(17)18(2)9-6-10-18;1-11-7-8-12-13(9-11)20(16(2,3)4)15(18-12)19-14(21)10-17(5,6)22/h5-10H,11H2,1-4H3,(H,24,25,27);3,6-10,13,28H,4-5,11H2,1-2H3,(H,24,25,27);6-11H,12H2,1-5H3,(H,23,24,26);7-8,11,25H,5-6,9-10,12H2,1-3H3,(H,21,22,24);7-9,22H,10H2,1-6H3,(H,18,19,21)/t;21-;;;/m.1.../s1. The molecular formula is C99H115F5N16O10. The minimum absolute atomic E-state index is 0.0245. The van der Waals surface area contributed by atoms with Gasteiger partial charge in [-0.1, -0.05) is 84.9 Å². The Hall–Kier alpha value is -12.9. The minimum atomic E-state index is -3.70. The fourth-order valence-electron chi connectivity index (χ4n) is 15.5. The van der Waals surface area contributed by atoms with Gasteiger partial charge < -0.3 is 33.9 Å². The van der Waals surface area contributed by atoms with Crippen molar-refractivity contribution >= 4 is 120 Å². The second-order valence-corrected chi connectivity index (χ2v) is 39.0. The summed E-state index contributed by atoms with van der Waals surface area (Å²) in [6.45, 7) is 45.5. The summed E-state index contributed by atoms with van der Waals surface area (Å²) in [5.41, 5.74) is 10.5. The Morgan fingerprint density at radius 1 is 0.462 bits per heavy atom. The molecule has 130 heavy (non-hydrogen) atoms. The minimum Gasteiger partial charge on any atom is -0.395 e. The van der Waals surface area contributed by atoms with Crippen molar-refractivity contribution in [2.24, 2.45) is 16.7 Å².